The van der Waals surface area contributed by atoms with Crippen molar-refractivity contribution in [2.75, 3.05) is 13.1 Å². The van der Waals surface area contributed by atoms with Crippen molar-refractivity contribution in [1.29, 1.82) is 0 Å². The second-order valence-electron chi connectivity index (χ2n) is 5.82. The molecule has 1 saturated heterocycles. The summed E-state index contributed by atoms with van der Waals surface area (Å²) in [4.78, 5) is 22.0. The van der Waals surface area contributed by atoms with Crippen LogP contribution in [-0.4, -0.2) is 34.0 Å². The number of nitrogens with one attached hydrogen (secondary N) is 2. The number of nitrogens with zero attached hydrogens (tertiary/aromatic N) is 2. The largest absolute Gasteiger partial charge is 0.340 e. The summed E-state index contributed by atoms with van der Waals surface area (Å²) in [6.45, 7) is 5.87. The van der Waals surface area contributed by atoms with E-state index in [1.54, 1.807) is 0 Å². The first kappa shape index (κ1) is 13.9. The van der Waals surface area contributed by atoms with Crippen LogP contribution in [-0.2, 0) is 0 Å². The Morgan fingerprint density at radius 1 is 1.52 bits per heavy atom. The van der Waals surface area contributed by atoms with Gasteiger partial charge in [-0.25, -0.2) is 9.78 Å². The smallest absolute Gasteiger partial charge is 0.317 e. The normalized spacial score (nSPS) is 19.9. The van der Waals surface area contributed by atoms with Gasteiger partial charge >= 0.3 is 6.03 Å². The fourth-order valence-electron chi connectivity index (χ4n) is 2.87. The quantitative estimate of drug-likeness (QED) is 0.911. The molecule has 0 bridgehead atoms. The number of rotatable bonds is 3. The highest BCUT2D eigenvalue weighted by molar-refractivity contribution is 5.76. The lowest BCUT2D eigenvalue weighted by Crippen LogP contribution is -2.39. The van der Waals surface area contributed by atoms with Crippen LogP contribution in [0.2, 0.25) is 0 Å². The van der Waals surface area contributed by atoms with Crippen LogP contribution >= 0.6 is 0 Å². The standard InChI is InChI=1S/C16H22N4O/c1-3-12-8-9-20(10-12)16(21)17-11(2)15-18-13-6-4-5-7-14(13)19-15/h4-7,11-12H,3,8-10H2,1-2H3,(H,17,21)(H,18,19)/t11-,12+/m0/s1. The third-order valence-electron chi connectivity index (χ3n) is 4.31. The average Bonchev–Trinajstić information content (AvgIpc) is 3.13. The molecule has 2 atom stereocenters. The van der Waals surface area contributed by atoms with Gasteiger partial charge in [0.2, 0.25) is 0 Å². The molecule has 3 rings (SSSR count). The molecular weight excluding hydrogens is 264 g/mol. The monoisotopic (exact) mass is 286 g/mol. The Morgan fingerprint density at radius 3 is 3.05 bits per heavy atom. The Hall–Kier alpha value is -2.04. The number of hydrogen-bond acceptors (Lipinski definition) is 2. The van der Waals surface area contributed by atoms with E-state index in [1.165, 1.54) is 0 Å². The van der Waals surface area contributed by atoms with Crippen LogP contribution in [0, 0.1) is 5.92 Å². The molecular formula is C16H22N4O. The Morgan fingerprint density at radius 2 is 2.33 bits per heavy atom. The fourth-order valence-corrected chi connectivity index (χ4v) is 2.87. The summed E-state index contributed by atoms with van der Waals surface area (Å²) in [5.41, 5.74) is 1.93. The van der Waals surface area contributed by atoms with E-state index in [-0.39, 0.29) is 12.1 Å². The van der Waals surface area contributed by atoms with Crippen molar-refractivity contribution in [3.05, 3.63) is 30.1 Å². The summed E-state index contributed by atoms with van der Waals surface area (Å²) in [7, 11) is 0. The minimum absolute atomic E-state index is 0.0129. The molecule has 1 aliphatic heterocycles. The third kappa shape index (κ3) is 2.86. The van der Waals surface area contributed by atoms with E-state index in [2.05, 4.69) is 22.2 Å². The van der Waals surface area contributed by atoms with E-state index in [0.29, 0.717) is 5.92 Å². The van der Waals surface area contributed by atoms with Gasteiger partial charge in [0.25, 0.3) is 0 Å². The zero-order valence-electron chi connectivity index (χ0n) is 12.6. The van der Waals surface area contributed by atoms with Crippen molar-refractivity contribution in [2.24, 2.45) is 5.92 Å². The highest BCUT2D eigenvalue weighted by atomic mass is 16.2. The highest BCUT2D eigenvalue weighted by Crippen LogP contribution is 2.20. The number of carbonyl (C=O) groups is 1. The lowest BCUT2D eigenvalue weighted by molar-refractivity contribution is 0.203. The summed E-state index contributed by atoms with van der Waals surface area (Å²) < 4.78 is 0. The lowest BCUT2D eigenvalue weighted by atomic mass is 10.1. The van der Waals surface area contributed by atoms with Crippen LogP contribution in [0.25, 0.3) is 11.0 Å². The molecule has 2 N–H and O–H groups in total. The van der Waals surface area contributed by atoms with E-state index in [9.17, 15) is 4.79 Å². The zero-order valence-corrected chi connectivity index (χ0v) is 12.6. The van der Waals surface area contributed by atoms with Gasteiger partial charge in [-0.05, 0) is 31.4 Å². The molecule has 0 aliphatic carbocycles. The van der Waals surface area contributed by atoms with Crippen LogP contribution in [0.1, 0.15) is 38.6 Å². The van der Waals surface area contributed by atoms with Crippen molar-refractivity contribution >= 4 is 17.1 Å². The van der Waals surface area contributed by atoms with Crippen LogP contribution in [0.3, 0.4) is 0 Å². The first-order valence-electron chi connectivity index (χ1n) is 7.67. The van der Waals surface area contributed by atoms with Gasteiger partial charge in [-0.3, -0.25) is 0 Å². The number of aromatic amines is 1. The predicted octanol–water partition coefficient (Wildman–Crippen LogP) is 3.07. The Labute approximate surface area is 124 Å². The second-order valence-corrected chi connectivity index (χ2v) is 5.82. The van der Waals surface area contributed by atoms with Gasteiger partial charge in [0.15, 0.2) is 0 Å². The number of urea groups is 1. The number of carbonyl (C=O) groups excluding carboxylic acids is 1. The topological polar surface area (TPSA) is 61.0 Å². The highest BCUT2D eigenvalue weighted by Gasteiger charge is 2.26. The summed E-state index contributed by atoms with van der Waals surface area (Å²) in [5, 5.41) is 3.04. The molecule has 112 valence electrons. The van der Waals surface area contributed by atoms with E-state index in [1.807, 2.05) is 36.1 Å². The van der Waals surface area contributed by atoms with Crippen molar-refractivity contribution < 1.29 is 4.79 Å². The molecule has 2 heterocycles. The van der Waals surface area contributed by atoms with Gasteiger partial charge in [0.1, 0.15) is 5.82 Å². The second kappa shape index (κ2) is 5.76. The van der Waals surface area contributed by atoms with Gasteiger partial charge in [0.05, 0.1) is 17.1 Å². The van der Waals surface area contributed by atoms with Gasteiger partial charge in [0, 0.05) is 13.1 Å². The molecule has 0 unspecified atom stereocenters. The molecule has 0 radical (unpaired) electrons. The number of fused-ring (bicyclic) bond motifs is 1. The third-order valence-corrected chi connectivity index (χ3v) is 4.31. The molecule has 5 nitrogen and oxygen atoms in total. The average molecular weight is 286 g/mol. The minimum atomic E-state index is -0.120. The molecule has 1 aromatic heterocycles. The number of hydrogen-bond donors (Lipinski definition) is 2. The van der Waals surface area contributed by atoms with E-state index < -0.39 is 0 Å². The summed E-state index contributed by atoms with van der Waals surface area (Å²) in [6.07, 6.45) is 2.26. The Bertz CT molecular complexity index is 603. The fraction of sp³-hybridized carbons (Fsp3) is 0.500. The number of aromatic nitrogens is 2. The maximum atomic E-state index is 12.3. The predicted molar refractivity (Wildman–Crippen MR) is 83.0 cm³/mol. The van der Waals surface area contributed by atoms with Gasteiger partial charge in [-0.15, -0.1) is 0 Å². The summed E-state index contributed by atoms with van der Waals surface area (Å²) in [5.74, 6) is 1.45. The molecule has 5 heteroatoms. The lowest BCUT2D eigenvalue weighted by Gasteiger charge is -2.20. The molecule has 1 fully saturated rings. The SMILES string of the molecule is CC[C@@H]1CCN(C(=O)N[C@@H](C)c2nc3ccccc3[nH]2)C1. The number of para-hydroxylation sites is 2. The van der Waals surface area contributed by atoms with Crippen molar-refractivity contribution in [3.63, 3.8) is 0 Å². The van der Waals surface area contributed by atoms with Crippen LogP contribution in [0.15, 0.2) is 24.3 Å². The van der Waals surface area contributed by atoms with Crippen LogP contribution in [0.4, 0.5) is 4.79 Å². The molecule has 2 aromatic rings. The minimum Gasteiger partial charge on any atom is -0.340 e. The number of H-pyrrole nitrogens is 1. The van der Waals surface area contributed by atoms with Crippen LogP contribution < -0.4 is 5.32 Å². The molecule has 0 saturated carbocycles. The van der Waals surface area contributed by atoms with Gasteiger partial charge in [-0.2, -0.15) is 0 Å². The first-order valence-corrected chi connectivity index (χ1v) is 7.67. The Balaban J connectivity index is 1.65. The first-order chi connectivity index (χ1) is 10.2. The molecule has 0 spiro atoms. The van der Waals surface area contributed by atoms with Crippen LogP contribution in [0.5, 0.6) is 0 Å². The zero-order chi connectivity index (χ0) is 14.8. The van der Waals surface area contributed by atoms with Crippen molar-refractivity contribution in [3.8, 4) is 0 Å². The van der Waals surface area contributed by atoms with Gasteiger partial charge in [-0.1, -0.05) is 25.5 Å². The van der Waals surface area contributed by atoms with E-state index in [0.717, 1.165) is 42.8 Å². The number of likely N-dealkylation sites (tertiary alicyclic amines) is 1. The summed E-state index contributed by atoms with van der Waals surface area (Å²) in [6, 6.07) is 7.79. The number of amides is 2. The molecule has 1 aromatic carbocycles. The van der Waals surface area contributed by atoms with Crippen molar-refractivity contribution in [2.45, 2.75) is 32.7 Å². The van der Waals surface area contributed by atoms with Gasteiger partial charge < -0.3 is 15.2 Å². The Kier molecular flexibility index (Phi) is 3.82. The molecule has 2 amide bonds. The summed E-state index contributed by atoms with van der Waals surface area (Å²) >= 11 is 0. The van der Waals surface area contributed by atoms with Crippen molar-refractivity contribution in [1.82, 2.24) is 20.2 Å². The van der Waals surface area contributed by atoms with E-state index in [4.69, 9.17) is 0 Å². The number of imidazole rings is 1. The molecule has 21 heavy (non-hydrogen) atoms. The van der Waals surface area contributed by atoms with E-state index >= 15 is 0 Å². The maximum absolute atomic E-state index is 12.3. The molecule has 1 aliphatic rings. The maximum Gasteiger partial charge on any atom is 0.317 e. The number of benzene rings is 1.